The van der Waals surface area contributed by atoms with E-state index in [1.54, 1.807) is 4.90 Å². The van der Waals surface area contributed by atoms with Crippen molar-refractivity contribution in [2.45, 2.75) is 65.3 Å². The third-order valence-electron chi connectivity index (χ3n) is 6.83. The van der Waals surface area contributed by atoms with E-state index in [1.165, 1.54) is 6.07 Å². The number of carbonyl (C=O) groups is 1. The first kappa shape index (κ1) is 24.4. The van der Waals surface area contributed by atoms with Gasteiger partial charge < -0.3 is 19.1 Å². The van der Waals surface area contributed by atoms with Crippen molar-refractivity contribution in [2.24, 2.45) is 5.41 Å². The van der Waals surface area contributed by atoms with Gasteiger partial charge in [0.1, 0.15) is 18.2 Å². The Bertz CT molecular complexity index is 1060. The van der Waals surface area contributed by atoms with Crippen LogP contribution in [0.25, 0.3) is 11.4 Å². The molecule has 1 unspecified atom stereocenters. The summed E-state index contributed by atoms with van der Waals surface area (Å²) in [7, 11) is 0. The molecule has 4 rings (SSSR count). The van der Waals surface area contributed by atoms with Gasteiger partial charge in [-0.2, -0.15) is 18.2 Å². The topological polar surface area (TPSA) is 71.7 Å². The molecule has 186 valence electrons. The first-order valence-electron chi connectivity index (χ1n) is 11.3. The second-order valence-electron chi connectivity index (χ2n) is 9.64. The van der Waals surface area contributed by atoms with Gasteiger partial charge in [0.2, 0.25) is 11.7 Å². The highest BCUT2D eigenvalue weighted by molar-refractivity contribution is 5.83. The van der Waals surface area contributed by atoms with Crippen LogP contribution in [-0.4, -0.2) is 57.6 Å². The molecule has 2 aliphatic rings. The van der Waals surface area contributed by atoms with Gasteiger partial charge >= 0.3 is 12.1 Å². The maximum Gasteiger partial charge on any atom is 0.471 e. The zero-order valence-corrected chi connectivity index (χ0v) is 19.6. The van der Waals surface area contributed by atoms with E-state index in [4.69, 9.17) is 4.74 Å². The van der Waals surface area contributed by atoms with Gasteiger partial charge in [-0.3, -0.25) is 4.79 Å². The molecule has 34 heavy (non-hydrogen) atoms. The molecular weight excluding hydrogens is 456 g/mol. The van der Waals surface area contributed by atoms with Crippen LogP contribution in [0, 0.1) is 11.2 Å². The van der Waals surface area contributed by atoms with Crippen LogP contribution in [0.3, 0.4) is 0 Å². The molecule has 0 radical (unpaired) electrons. The van der Waals surface area contributed by atoms with Gasteiger partial charge in [-0.25, -0.2) is 4.39 Å². The second-order valence-corrected chi connectivity index (χ2v) is 9.64. The number of likely N-dealkylation sites (tertiary alicyclic amines) is 1. The van der Waals surface area contributed by atoms with Crippen molar-refractivity contribution in [2.75, 3.05) is 19.7 Å². The van der Waals surface area contributed by atoms with E-state index in [2.05, 4.69) is 33.4 Å². The Balaban J connectivity index is 1.58. The molecule has 0 spiro atoms. The molecule has 1 amide bonds. The fraction of sp³-hybridized carbons (Fsp3) is 0.609. The van der Waals surface area contributed by atoms with Crippen LogP contribution in [-0.2, 0) is 17.5 Å². The Labute approximate surface area is 195 Å². The van der Waals surface area contributed by atoms with Crippen molar-refractivity contribution in [3.8, 4) is 17.1 Å². The summed E-state index contributed by atoms with van der Waals surface area (Å²) in [5.41, 5.74) is -0.390. The first-order chi connectivity index (χ1) is 15.9. The van der Waals surface area contributed by atoms with E-state index < -0.39 is 29.1 Å². The third-order valence-corrected chi connectivity index (χ3v) is 6.83. The number of rotatable bonds is 3. The number of hydrogen-bond donors (Lipinski definition) is 0. The maximum absolute atomic E-state index is 15.1. The fourth-order valence-corrected chi connectivity index (χ4v) is 4.47. The smallest absolute Gasteiger partial charge is 0.471 e. The lowest BCUT2D eigenvalue weighted by atomic mass is 9.78. The molecule has 1 aromatic heterocycles. The van der Waals surface area contributed by atoms with Crippen LogP contribution in [0.2, 0.25) is 0 Å². The lowest BCUT2D eigenvalue weighted by Crippen LogP contribution is -2.52. The normalized spacial score (nSPS) is 21.2. The number of piperidine rings is 1. The van der Waals surface area contributed by atoms with E-state index in [0.29, 0.717) is 18.9 Å². The van der Waals surface area contributed by atoms with Crippen LogP contribution in [0.15, 0.2) is 16.7 Å². The minimum Gasteiger partial charge on any atom is -0.491 e. The number of nitrogens with zero attached hydrogens (tertiary/aromatic N) is 4. The van der Waals surface area contributed by atoms with E-state index in [9.17, 15) is 18.0 Å². The van der Waals surface area contributed by atoms with Gasteiger partial charge in [0.05, 0.1) is 12.6 Å². The highest BCUT2D eigenvalue weighted by Crippen LogP contribution is 2.38. The van der Waals surface area contributed by atoms with Gasteiger partial charge in [0.25, 0.3) is 0 Å². The number of alkyl halides is 3. The maximum atomic E-state index is 15.1. The minimum absolute atomic E-state index is 0.00375. The Hall–Kier alpha value is -2.69. The molecule has 1 fully saturated rings. The number of ether oxygens (including phenoxy) is 1. The zero-order valence-electron chi connectivity index (χ0n) is 19.6. The van der Waals surface area contributed by atoms with Crippen LogP contribution >= 0.6 is 0 Å². The van der Waals surface area contributed by atoms with Crippen molar-refractivity contribution in [1.29, 1.82) is 0 Å². The molecule has 1 aromatic carbocycles. The van der Waals surface area contributed by atoms with Gasteiger partial charge in [0, 0.05) is 22.6 Å². The summed E-state index contributed by atoms with van der Waals surface area (Å²) in [5, 5.41) is 3.32. The highest BCUT2D eigenvalue weighted by Gasteiger charge is 2.42. The molecule has 0 N–H and O–H groups in total. The highest BCUT2D eigenvalue weighted by atomic mass is 19.4. The van der Waals surface area contributed by atoms with Gasteiger partial charge in [0.15, 0.2) is 0 Å². The molecule has 0 aliphatic carbocycles. The van der Waals surface area contributed by atoms with Crippen molar-refractivity contribution >= 4 is 5.91 Å². The molecule has 3 heterocycles. The lowest BCUT2D eigenvalue weighted by molar-refractivity contribution is -0.159. The van der Waals surface area contributed by atoms with Crippen LogP contribution < -0.4 is 4.74 Å². The number of fused-ring (bicyclic) bond motifs is 1. The van der Waals surface area contributed by atoms with Crippen LogP contribution in [0.4, 0.5) is 17.6 Å². The Kier molecular flexibility index (Phi) is 6.34. The number of hydrogen-bond acceptors (Lipinski definition) is 6. The summed E-state index contributed by atoms with van der Waals surface area (Å²) in [6.07, 6.45) is -3.38. The lowest BCUT2D eigenvalue weighted by Gasteiger charge is -2.43. The molecule has 1 atom stereocenters. The SMILES string of the molecule is CC(C)N1CCC(C)(C(=O)N2Cc3c(F)cc(-c4noc(C(F)(F)F)n4)cc3OCC2C)CC1. The van der Waals surface area contributed by atoms with Gasteiger partial charge in [-0.1, -0.05) is 12.1 Å². The van der Waals surface area contributed by atoms with E-state index >= 15 is 4.39 Å². The Morgan fingerprint density at radius 1 is 1.24 bits per heavy atom. The van der Waals surface area contributed by atoms with Crippen molar-refractivity contribution < 1.29 is 31.6 Å². The monoisotopic (exact) mass is 484 g/mol. The average molecular weight is 484 g/mol. The number of aromatic nitrogens is 2. The molecule has 0 bridgehead atoms. The standard InChI is InChI=1S/C23H28F4N4O3/c1-13(2)30-7-5-22(4,6-8-30)21(32)31-11-16-17(24)9-15(10-18(16)33-12-14(31)3)19-28-20(34-29-19)23(25,26)27/h9-10,13-14H,5-8,11-12H2,1-4H3. The molecule has 2 aliphatic heterocycles. The summed E-state index contributed by atoms with van der Waals surface area (Å²) in [6, 6.07) is 2.51. The quantitative estimate of drug-likeness (QED) is 0.597. The fourth-order valence-electron chi connectivity index (χ4n) is 4.47. The number of benzene rings is 1. The largest absolute Gasteiger partial charge is 0.491 e. The first-order valence-corrected chi connectivity index (χ1v) is 11.3. The minimum atomic E-state index is -4.80. The van der Waals surface area contributed by atoms with E-state index in [-0.39, 0.29) is 42.0 Å². The van der Waals surface area contributed by atoms with Crippen molar-refractivity contribution in [3.63, 3.8) is 0 Å². The second kappa shape index (κ2) is 8.83. The Morgan fingerprint density at radius 2 is 1.91 bits per heavy atom. The Morgan fingerprint density at radius 3 is 2.50 bits per heavy atom. The van der Waals surface area contributed by atoms with Crippen molar-refractivity contribution in [1.82, 2.24) is 19.9 Å². The number of carbonyl (C=O) groups excluding carboxylic acids is 1. The van der Waals surface area contributed by atoms with Crippen LogP contribution in [0.1, 0.15) is 52.0 Å². The summed E-state index contributed by atoms with van der Waals surface area (Å²) in [6.45, 7) is 9.82. The van der Waals surface area contributed by atoms with Crippen molar-refractivity contribution in [3.05, 3.63) is 29.4 Å². The van der Waals surface area contributed by atoms with Gasteiger partial charge in [-0.05, 0) is 58.8 Å². The molecule has 1 saturated heterocycles. The molecule has 7 nitrogen and oxygen atoms in total. The van der Waals surface area contributed by atoms with E-state index in [0.717, 1.165) is 19.2 Å². The molecular formula is C23H28F4N4O3. The zero-order chi connectivity index (χ0) is 24.8. The summed E-state index contributed by atoms with van der Waals surface area (Å²) in [5.74, 6) is -2.52. The predicted octanol–water partition coefficient (Wildman–Crippen LogP) is 4.51. The molecule has 0 saturated carbocycles. The number of halogens is 4. The average Bonchev–Trinajstić information content (AvgIpc) is 3.21. The summed E-state index contributed by atoms with van der Waals surface area (Å²) in [4.78, 5) is 20.9. The van der Waals surface area contributed by atoms with Gasteiger partial charge in [-0.15, -0.1) is 0 Å². The third kappa shape index (κ3) is 4.62. The summed E-state index contributed by atoms with van der Waals surface area (Å²) >= 11 is 0. The van der Waals surface area contributed by atoms with E-state index in [1.807, 2.05) is 13.8 Å². The molecule has 11 heteroatoms. The number of amides is 1. The van der Waals surface area contributed by atoms with Crippen LogP contribution in [0.5, 0.6) is 5.75 Å². The summed E-state index contributed by atoms with van der Waals surface area (Å²) < 4.78 is 63.6. The molecule has 2 aromatic rings. The predicted molar refractivity (Wildman–Crippen MR) is 114 cm³/mol.